The van der Waals surface area contributed by atoms with E-state index in [-0.39, 0.29) is 23.9 Å². The fourth-order valence-electron chi connectivity index (χ4n) is 4.24. The number of aliphatic imine (C=N–C) groups is 1. The van der Waals surface area contributed by atoms with Gasteiger partial charge in [0.1, 0.15) is 35.9 Å². The molecule has 10 heteroatoms. The summed E-state index contributed by atoms with van der Waals surface area (Å²) in [5.74, 6) is 1.88. The maximum Gasteiger partial charge on any atom is 0.167 e. The molecule has 40 heavy (non-hydrogen) atoms. The second-order valence-electron chi connectivity index (χ2n) is 9.34. The molecule has 3 N–H and O–H groups in total. The van der Waals surface area contributed by atoms with E-state index in [2.05, 4.69) is 15.6 Å². The number of ether oxygens (including phenoxy) is 1. The molecule has 0 amide bonds. The standard InChI is InChI=1S/C30H31FN4O4S/c1-2-40(36,37)14-13-32-18-26-10-12-29(39-26)22-9-11-28-27(16-22)30(34-20-33-28)35-24-7-4-8-25(17-24)38-19-21-5-3-6-23(31)15-21/h3-12,15-17,20,30,32,35H,2,13-14,18-19H2,1H3,(H,33,34)/i/hD. The average molecular weight is 564 g/mol. The summed E-state index contributed by atoms with van der Waals surface area (Å²) in [6.45, 7) is 2.64. The lowest BCUT2D eigenvalue weighted by Gasteiger charge is -2.23. The Labute approximate surface area is 234 Å². The normalized spacial score (nSPS) is 15.0. The van der Waals surface area contributed by atoms with Crippen LogP contribution >= 0.6 is 0 Å². The van der Waals surface area contributed by atoms with Crippen molar-refractivity contribution in [2.24, 2.45) is 4.99 Å². The highest BCUT2D eigenvalue weighted by Gasteiger charge is 2.19. The van der Waals surface area contributed by atoms with Crippen LogP contribution in [-0.2, 0) is 23.0 Å². The molecule has 0 spiro atoms. The first-order valence-corrected chi connectivity index (χ1v) is 14.8. The SMILES string of the molecule is [2H]N1C=NC(Nc2cccc(OCc3cccc(F)c3)c2)c2cc(-c3ccc(CNCCS(=O)(=O)CC)o3)ccc21. The summed E-state index contributed by atoms with van der Waals surface area (Å²) in [6.07, 6.45) is 1.00. The van der Waals surface area contributed by atoms with Crippen LogP contribution in [-0.4, -0.2) is 32.8 Å². The summed E-state index contributed by atoms with van der Waals surface area (Å²) in [6, 6.07) is 23.2. The molecule has 0 aliphatic carbocycles. The van der Waals surface area contributed by atoms with E-state index in [1.807, 2.05) is 60.7 Å². The van der Waals surface area contributed by atoms with Gasteiger partial charge in [0, 0.05) is 40.9 Å². The molecule has 2 heterocycles. The molecule has 0 saturated heterocycles. The van der Waals surface area contributed by atoms with E-state index in [4.69, 9.17) is 10.6 Å². The van der Waals surface area contributed by atoms with Gasteiger partial charge in [-0.3, -0.25) is 0 Å². The van der Waals surface area contributed by atoms with Crippen LogP contribution in [0, 0.1) is 5.82 Å². The quantitative estimate of drug-likeness (QED) is 0.188. The van der Waals surface area contributed by atoms with Crippen LogP contribution in [0.3, 0.4) is 0 Å². The van der Waals surface area contributed by atoms with E-state index in [1.54, 1.807) is 13.0 Å². The highest BCUT2D eigenvalue weighted by Crippen LogP contribution is 2.34. The van der Waals surface area contributed by atoms with E-state index < -0.39 is 16.0 Å². The van der Waals surface area contributed by atoms with Crippen LogP contribution in [0.4, 0.5) is 15.8 Å². The van der Waals surface area contributed by atoms with Gasteiger partial charge >= 0.3 is 0 Å². The van der Waals surface area contributed by atoms with E-state index in [9.17, 15) is 12.8 Å². The van der Waals surface area contributed by atoms with Crippen molar-refractivity contribution in [2.45, 2.75) is 26.2 Å². The molecule has 5 rings (SSSR count). The molecular weight excluding hydrogens is 531 g/mol. The van der Waals surface area contributed by atoms with Gasteiger partial charge in [0.2, 0.25) is 0 Å². The Hall–Kier alpha value is -4.15. The zero-order chi connectivity index (χ0) is 28.8. The van der Waals surface area contributed by atoms with Gasteiger partial charge in [-0.05, 0) is 60.2 Å². The van der Waals surface area contributed by atoms with Gasteiger partial charge in [0.25, 0.3) is 0 Å². The summed E-state index contributed by atoms with van der Waals surface area (Å²) in [7, 11) is -3.02. The van der Waals surface area contributed by atoms with Crippen molar-refractivity contribution in [3.63, 3.8) is 0 Å². The molecule has 0 bridgehead atoms. The Balaban J connectivity index is 1.27. The molecule has 1 aliphatic heterocycles. The Morgan fingerprint density at radius 2 is 1.98 bits per heavy atom. The number of rotatable bonds is 12. The van der Waals surface area contributed by atoms with Gasteiger partial charge in [-0.1, -0.05) is 25.1 Å². The molecule has 1 aromatic heterocycles. The van der Waals surface area contributed by atoms with Crippen LogP contribution in [0.15, 0.2) is 88.3 Å². The predicted octanol–water partition coefficient (Wildman–Crippen LogP) is 5.75. The Kier molecular flexibility index (Phi) is 8.06. The summed E-state index contributed by atoms with van der Waals surface area (Å²) in [5, 5.41) is 7.73. The molecule has 1 atom stereocenters. The maximum absolute atomic E-state index is 13.5. The number of sulfone groups is 1. The van der Waals surface area contributed by atoms with Gasteiger partial charge in [-0.15, -0.1) is 0 Å². The predicted molar refractivity (Wildman–Crippen MR) is 156 cm³/mol. The minimum Gasteiger partial charge on any atom is -0.489 e. The second kappa shape index (κ2) is 12.4. The molecule has 0 saturated carbocycles. The zero-order valence-electron chi connectivity index (χ0n) is 23.0. The fourth-order valence-corrected chi connectivity index (χ4v) is 4.98. The summed E-state index contributed by atoms with van der Waals surface area (Å²) in [5.41, 5.74) is 3.82. The Bertz CT molecular complexity index is 1640. The van der Waals surface area contributed by atoms with Gasteiger partial charge in [-0.2, -0.15) is 0 Å². The summed E-state index contributed by atoms with van der Waals surface area (Å²) in [4.78, 5) is 4.53. The number of hydrogen-bond donors (Lipinski definition) is 3. The lowest BCUT2D eigenvalue weighted by Crippen LogP contribution is -2.23. The van der Waals surface area contributed by atoms with Crippen molar-refractivity contribution in [1.82, 2.24) is 5.32 Å². The first-order valence-electron chi connectivity index (χ1n) is 13.4. The van der Waals surface area contributed by atoms with E-state index in [0.29, 0.717) is 36.0 Å². The van der Waals surface area contributed by atoms with Crippen molar-refractivity contribution in [3.8, 4) is 17.1 Å². The highest BCUT2D eigenvalue weighted by molar-refractivity contribution is 7.91. The van der Waals surface area contributed by atoms with Gasteiger partial charge < -0.3 is 25.1 Å². The molecule has 208 valence electrons. The van der Waals surface area contributed by atoms with Gasteiger partial charge in [0.15, 0.2) is 11.2 Å². The topological polar surface area (TPSA) is 105 Å². The van der Waals surface area contributed by atoms with Crippen molar-refractivity contribution in [3.05, 3.63) is 102 Å². The van der Waals surface area contributed by atoms with Crippen LogP contribution < -0.4 is 20.7 Å². The van der Waals surface area contributed by atoms with Gasteiger partial charge in [-0.25, -0.2) is 17.8 Å². The van der Waals surface area contributed by atoms with E-state index >= 15 is 0 Å². The molecule has 3 aromatic carbocycles. The number of fused-ring (bicyclic) bond motifs is 1. The third-order valence-electron chi connectivity index (χ3n) is 6.44. The first-order chi connectivity index (χ1) is 19.8. The number of benzene rings is 3. The number of halogens is 1. The van der Waals surface area contributed by atoms with Crippen molar-refractivity contribution >= 4 is 27.6 Å². The average Bonchev–Trinajstić information content (AvgIpc) is 3.45. The van der Waals surface area contributed by atoms with Crippen molar-refractivity contribution in [2.75, 3.05) is 28.7 Å². The summed E-state index contributed by atoms with van der Waals surface area (Å²) < 4.78 is 57.0. The van der Waals surface area contributed by atoms with Crippen LogP contribution in [0.2, 0.25) is 1.41 Å². The van der Waals surface area contributed by atoms with Crippen LogP contribution in [0.1, 0.15) is 30.0 Å². The molecule has 0 radical (unpaired) electrons. The summed E-state index contributed by atoms with van der Waals surface area (Å²) >= 11 is 0. The van der Waals surface area contributed by atoms with Crippen molar-refractivity contribution < 1.29 is 23.4 Å². The monoisotopic (exact) mass is 563 g/mol. The van der Waals surface area contributed by atoms with Crippen LogP contribution in [0.5, 0.6) is 5.75 Å². The van der Waals surface area contributed by atoms with E-state index in [0.717, 1.165) is 22.4 Å². The Morgan fingerprint density at radius 3 is 2.83 bits per heavy atom. The third-order valence-corrected chi connectivity index (χ3v) is 8.15. The zero-order valence-corrected chi connectivity index (χ0v) is 22.8. The first kappa shape index (κ1) is 26.1. The number of furan rings is 1. The highest BCUT2D eigenvalue weighted by atomic mass is 32.2. The molecule has 4 aromatic rings. The largest absolute Gasteiger partial charge is 0.489 e. The number of hydrogen-bond acceptors (Lipinski definition) is 8. The van der Waals surface area contributed by atoms with Crippen molar-refractivity contribution in [1.29, 1.82) is 0 Å². The number of nitrogens with zero attached hydrogens (tertiary/aromatic N) is 1. The molecule has 1 aliphatic rings. The number of anilines is 2. The minimum atomic E-state index is -3.02. The second-order valence-corrected chi connectivity index (χ2v) is 11.8. The fraction of sp³-hybridized carbons (Fsp3) is 0.233. The lowest BCUT2D eigenvalue weighted by molar-refractivity contribution is 0.305. The van der Waals surface area contributed by atoms with Crippen LogP contribution in [0.25, 0.3) is 11.3 Å². The van der Waals surface area contributed by atoms with Gasteiger partial charge in [0.05, 0.1) is 18.6 Å². The molecule has 0 fully saturated rings. The third kappa shape index (κ3) is 7.08. The van der Waals surface area contributed by atoms with E-state index in [1.165, 1.54) is 23.8 Å². The molecule has 8 nitrogen and oxygen atoms in total. The maximum atomic E-state index is 13.5. The number of nitrogens with one attached hydrogen (secondary N) is 3. The Morgan fingerprint density at radius 1 is 1.10 bits per heavy atom. The molecule has 1 unspecified atom stereocenters. The smallest absolute Gasteiger partial charge is 0.167 e. The molecular formula is C30H31FN4O4S. The minimum absolute atomic E-state index is 0.0858. The lowest BCUT2D eigenvalue weighted by atomic mass is 10.0.